The number of rotatable bonds is 5. The fourth-order valence-corrected chi connectivity index (χ4v) is 3.70. The first kappa shape index (κ1) is 22.5. The zero-order valence-corrected chi connectivity index (χ0v) is 17.3. The molecule has 1 aliphatic rings. The molecule has 0 bridgehead atoms. The third-order valence-electron chi connectivity index (χ3n) is 5.35. The lowest BCUT2D eigenvalue weighted by atomic mass is 10.00. The lowest BCUT2D eigenvalue weighted by molar-refractivity contribution is -0.137. The highest BCUT2D eigenvalue weighted by Gasteiger charge is 2.31. The summed E-state index contributed by atoms with van der Waals surface area (Å²) < 4.78 is 40.5. The summed E-state index contributed by atoms with van der Waals surface area (Å²) in [6, 6.07) is 8.22. The van der Waals surface area contributed by atoms with E-state index in [1.165, 1.54) is 24.5 Å². The SMILES string of the molecule is O=C(O)c1ccc(N2CCN(Cc3cc(-c4cncc(O)c4)cc(C(F)(F)F)c3)CC2)nn1. The van der Waals surface area contributed by atoms with Gasteiger partial charge in [-0.15, -0.1) is 10.2 Å². The molecule has 0 aliphatic carbocycles. The Morgan fingerprint density at radius 3 is 2.33 bits per heavy atom. The summed E-state index contributed by atoms with van der Waals surface area (Å²) in [6.45, 7) is 2.64. The second-order valence-electron chi connectivity index (χ2n) is 7.69. The maximum atomic E-state index is 13.5. The average molecular weight is 459 g/mol. The van der Waals surface area contributed by atoms with E-state index in [2.05, 4.69) is 15.2 Å². The van der Waals surface area contributed by atoms with E-state index in [-0.39, 0.29) is 11.4 Å². The first-order valence-corrected chi connectivity index (χ1v) is 10.1. The number of nitrogens with zero attached hydrogens (tertiary/aromatic N) is 5. The number of pyridine rings is 1. The lowest BCUT2D eigenvalue weighted by Crippen LogP contribution is -2.46. The van der Waals surface area contributed by atoms with Crippen molar-refractivity contribution in [2.75, 3.05) is 31.1 Å². The molecule has 0 unspecified atom stereocenters. The van der Waals surface area contributed by atoms with E-state index in [0.717, 1.165) is 12.1 Å². The molecule has 2 aromatic heterocycles. The highest BCUT2D eigenvalue weighted by molar-refractivity contribution is 5.85. The Hall–Kier alpha value is -3.73. The van der Waals surface area contributed by atoms with Crippen molar-refractivity contribution >= 4 is 11.8 Å². The molecule has 0 saturated carbocycles. The maximum absolute atomic E-state index is 13.5. The molecule has 172 valence electrons. The second-order valence-corrected chi connectivity index (χ2v) is 7.69. The number of benzene rings is 1. The highest BCUT2D eigenvalue weighted by atomic mass is 19.4. The van der Waals surface area contributed by atoms with Gasteiger partial charge in [-0.1, -0.05) is 0 Å². The molecular weight excluding hydrogens is 439 g/mol. The summed E-state index contributed by atoms with van der Waals surface area (Å²) in [5.74, 6) is -0.722. The second kappa shape index (κ2) is 9.02. The molecule has 0 spiro atoms. The van der Waals surface area contributed by atoms with Gasteiger partial charge in [-0.25, -0.2) is 4.79 Å². The van der Waals surface area contributed by atoms with E-state index in [4.69, 9.17) is 5.11 Å². The van der Waals surface area contributed by atoms with Crippen LogP contribution in [0.1, 0.15) is 21.6 Å². The standard InChI is InChI=1S/C22H20F3N5O3/c23-22(24,25)17-8-14(7-15(9-17)16-10-18(31)12-26-11-16)13-29-3-5-30(6-4-29)20-2-1-19(21(32)33)27-28-20/h1-2,7-12,31H,3-6,13H2,(H,32,33). The fraction of sp³-hybridized carbons (Fsp3) is 0.273. The van der Waals surface area contributed by atoms with Crippen molar-refractivity contribution < 1.29 is 28.2 Å². The number of aromatic nitrogens is 3. The van der Waals surface area contributed by atoms with Crippen LogP contribution < -0.4 is 4.90 Å². The van der Waals surface area contributed by atoms with Gasteiger partial charge >= 0.3 is 12.1 Å². The molecule has 1 aromatic carbocycles. The molecular formula is C22H20F3N5O3. The minimum Gasteiger partial charge on any atom is -0.506 e. The molecule has 0 atom stereocenters. The third-order valence-corrected chi connectivity index (χ3v) is 5.35. The molecule has 3 heterocycles. The van der Waals surface area contributed by atoms with E-state index in [0.29, 0.717) is 55.2 Å². The van der Waals surface area contributed by atoms with Gasteiger partial charge in [0.25, 0.3) is 0 Å². The number of alkyl halides is 3. The summed E-state index contributed by atoms with van der Waals surface area (Å²) in [7, 11) is 0. The van der Waals surface area contributed by atoms with E-state index < -0.39 is 17.7 Å². The predicted molar refractivity (Wildman–Crippen MR) is 113 cm³/mol. The molecule has 0 radical (unpaired) electrons. The number of aromatic carboxylic acids is 1. The number of anilines is 1. The van der Waals surface area contributed by atoms with Crippen LogP contribution in [0.2, 0.25) is 0 Å². The number of hydrogen-bond donors (Lipinski definition) is 2. The molecule has 2 N–H and O–H groups in total. The largest absolute Gasteiger partial charge is 0.506 e. The summed E-state index contributed by atoms with van der Waals surface area (Å²) in [4.78, 5) is 18.8. The van der Waals surface area contributed by atoms with Crippen molar-refractivity contribution in [1.82, 2.24) is 20.1 Å². The summed E-state index contributed by atoms with van der Waals surface area (Å²) >= 11 is 0. The summed E-state index contributed by atoms with van der Waals surface area (Å²) in [5, 5.41) is 26.2. The number of carboxylic acid groups (broad SMARTS) is 1. The zero-order valence-electron chi connectivity index (χ0n) is 17.3. The van der Waals surface area contributed by atoms with Crippen LogP contribution in [-0.2, 0) is 12.7 Å². The van der Waals surface area contributed by atoms with Gasteiger partial charge in [-0.05, 0) is 47.5 Å². The van der Waals surface area contributed by atoms with Gasteiger partial charge < -0.3 is 15.1 Å². The van der Waals surface area contributed by atoms with Gasteiger partial charge in [0, 0.05) is 44.5 Å². The predicted octanol–water partition coefficient (Wildman–Crippen LogP) is 3.28. The van der Waals surface area contributed by atoms with Gasteiger partial charge in [0.1, 0.15) is 5.75 Å². The highest BCUT2D eigenvalue weighted by Crippen LogP contribution is 2.34. The molecule has 8 nitrogen and oxygen atoms in total. The van der Waals surface area contributed by atoms with Crippen molar-refractivity contribution in [3.8, 4) is 16.9 Å². The quantitative estimate of drug-likeness (QED) is 0.599. The Labute approximate surface area is 186 Å². The molecule has 3 aromatic rings. The van der Waals surface area contributed by atoms with Gasteiger partial charge in [-0.2, -0.15) is 13.2 Å². The monoisotopic (exact) mass is 459 g/mol. The van der Waals surface area contributed by atoms with Crippen molar-refractivity contribution in [2.45, 2.75) is 12.7 Å². The minimum absolute atomic E-state index is 0.123. The third kappa shape index (κ3) is 5.37. The van der Waals surface area contributed by atoms with Crippen molar-refractivity contribution in [2.24, 2.45) is 0 Å². The molecule has 0 amide bonds. The van der Waals surface area contributed by atoms with E-state index in [1.54, 1.807) is 12.1 Å². The first-order chi connectivity index (χ1) is 15.7. The van der Waals surface area contributed by atoms with Crippen LogP contribution in [0.4, 0.5) is 19.0 Å². The molecule has 1 saturated heterocycles. The lowest BCUT2D eigenvalue weighted by Gasteiger charge is -2.35. The number of carbonyl (C=O) groups is 1. The van der Waals surface area contributed by atoms with Crippen molar-refractivity contribution in [3.05, 3.63) is 65.6 Å². The minimum atomic E-state index is -4.51. The van der Waals surface area contributed by atoms with Gasteiger partial charge in [0.05, 0.1) is 11.8 Å². The van der Waals surface area contributed by atoms with E-state index in [9.17, 15) is 23.1 Å². The number of aromatic hydroxyl groups is 1. The van der Waals surface area contributed by atoms with Crippen LogP contribution >= 0.6 is 0 Å². The number of hydrogen-bond acceptors (Lipinski definition) is 7. The zero-order chi connectivity index (χ0) is 23.6. The normalized spacial score (nSPS) is 14.9. The molecule has 1 fully saturated rings. The van der Waals surface area contributed by atoms with Crippen LogP contribution in [0, 0.1) is 0 Å². The van der Waals surface area contributed by atoms with Crippen molar-refractivity contribution in [3.63, 3.8) is 0 Å². The number of halogens is 3. The van der Waals surface area contributed by atoms with Gasteiger partial charge in [0.15, 0.2) is 11.5 Å². The van der Waals surface area contributed by atoms with Gasteiger partial charge in [-0.3, -0.25) is 9.88 Å². The van der Waals surface area contributed by atoms with Crippen LogP contribution in [0.15, 0.2) is 48.8 Å². The van der Waals surface area contributed by atoms with Gasteiger partial charge in [0.2, 0.25) is 0 Å². The first-order valence-electron chi connectivity index (χ1n) is 10.1. The maximum Gasteiger partial charge on any atom is 0.416 e. The van der Waals surface area contributed by atoms with Crippen molar-refractivity contribution in [1.29, 1.82) is 0 Å². The van der Waals surface area contributed by atoms with E-state index >= 15 is 0 Å². The molecule has 33 heavy (non-hydrogen) atoms. The topological polar surface area (TPSA) is 103 Å². The number of piperazine rings is 1. The Kier molecular flexibility index (Phi) is 6.14. The Balaban J connectivity index is 1.48. The Morgan fingerprint density at radius 2 is 1.73 bits per heavy atom. The van der Waals surface area contributed by atoms with Crippen LogP contribution in [0.25, 0.3) is 11.1 Å². The summed E-state index contributed by atoms with van der Waals surface area (Å²) in [5.41, 5.74) is 0.332. The molecule has 1 aliphatic heterocycles. The average Bonchev–Trinajstić information content (AvgIpc) is 2.79. The number of carboxylic acids is 1. The summed E-state index contributed by atoms with van der Waals surface area (Å²) in [6.07, 6.45) is -1.87. The van der Waals surface area contributed by atoms with Crippen LogP contribution in [0.3, 0.4) is 0 Å². The van der Waals surface area contributed by atoms with Crippen LogP contribution in [-0.4, -0.2) is 62.4 Å². The molecule has 4 rings (SSSR count). The van der Waals surface area contributed by atoms with Crippen LogP contribution in [0.5, 0.6) is 5.75 Å². The Morgan fingerprint density at radius 1 is 0.970 bits per heavy atom. The molecule has 11 heteroatoms. The fourth-order valence-electron chi connectivity index (χ4n) is 3.70. The smallest absolute Gasteiger partial charge is 0.416 e. The Bertz CT molecular complexity index is 1150. The van der Waals surface area contributed by atoms with E-state index in [1.807, 2.05) is 9.80 Å².